The lowest BCUT2D eigenvalue weighted by Crippen LogP contribution is -2.42. The molecule has 0 aromatic heterocycles. The predicted molar refractivity (Wildman–Crippen MR) is 33.1 cm³/mol. The summed E-state index contributed by atoms with van der Waals surface area (Å²) in [5.41, 5.74) is -1.17. The summed E-state index contributed by atoms with van der Waals surface area (Å²) in [6.45, 7) is 2.81. The third-order valence-electron chi connectivity index (χ3n) is 1.48. The molecule has 0 saturated heterocycles. The van der Waals surface area contributed by atoms with Gasteiger partial charge in [-0.1, -0.05) is 0 Å². The van der Waals surface area contributed by atoms with Crippen LogP contribution in [0.25, 0.3) is 0 Å². The first-order valence-electron chi connectivity index (χ1n) is 2.93. The first kappa shape index (κ1) is 9.78. The number of hydrogen-bond donors (Lipinski definition) is 1. The van der Waals surface area contributed by atoms with Crippen molar-refractivity contribution in [2.75, 3.05) is 7.11 Å². The molecule has 4 heteroatoms. The minimum absolute atomic E-state index is 1.17. The maximum Gasteiger partial charge on any atom is 0.266 e. The van der Waals surface area contributed by atoms with E-state index in [9.17, 15) is 8.78 Å². The Labute approximate surface area is 58.8 Å². The van der Waals surface area contributed by atoms with E-state index >= 15 is 0 Å². The Kier molecular flexibility index (Phi) is 3.18. The quantitative estimate of drug-likeness (QED) is 0.658. The molecule has 0 spiro atoms. The standard InChI is InChI=1S/C6H12F2O2/c1-6(2,10-3)4(9)5(7)8/h4-5,9H,1-3H3. The van der Waals surface area contributed by atoms with Gasteiger partial charge in [-0.05, 0) is 13.8 Å². The van der Waals surface area contributed by atoms with E-state index in [0.717, 1.165) is 0 Å². The van der Waals surface area contributed by atoms with Gasteiger partial charge in [-0.15, -0.1) is 0 Å². The average Bonchev–Trinajstić information content (AvgIpc) is 1.86. The normalized spacial score (nSPS) is 15.9. The van der Waals surface area contributed by atoms with Crippen molar-refractivity contribution in [3.8, 4) is 0 Å². The lowest BCUT2D eigenvalue weighted by atomic mass is 10.0. The van der Waals surface area contributed by atoms with Crippen LogP contribution in [-0.2, 0) is 4.74 Å². The number of halogens is 2. The Morgan fingerprint density at radius 3 is 1.90 bits per heavy atom. The molecule has 1 unspecified atom stereocenters. The number of alkyl halides is 2. The lowest BCUT2D eigenvalue weighted by molar-refractivity contribution is -0.136. The molecule has 0 aliphatic heterocycles. The monoisotopic (exact) mass is 154 g/mol. The molecule has 62 valence electrons. The molecule has 0 aliphatic rings. The molecule has 0 heterocycles. The number of rotatable bonds is 3. The van der Waals surface area contributed by atoms with Gasteiger partial charge in [-0.3, -0.25) is 0 Å². The highest BCUT2D eigenvalue weighted by Gasteiger charge is 2.34. The number of methoxy groups -OCH3 is 1. The molecule has 0 aliphatic carbocycles. The minimum atomic E-state index is -2.75. The maximum absolute atomic E-state index is 11.8. The first-order chi connectivity index (χ1) is 4.41. The van der Waals surface area contributed by atoms with Crippen molar-refractivity contribution >= 4 is 0 Å². The molecule has 0 radical (unpaired) electrons. The molecule has 10 heavy (non-hydrogen) atoms. The number of aliphatic hydroxyl groups is 1. The highest BCUT2D eigenvalue weighted by atomic mass is 19.3. The number of aliphatic hydroxyl groups excluding tert-OH is 1. The van der Waals surface area contributed by atoms with E-state index in [1.165, 1.54) is 21.0 Å². The molecule has 1 atom stereocenters. The second-order valence-corrected chi connectivity index (χ2v) is 2.59. The van der Waals surface area contributed by atoms with Gasteiger partial charge in [-0.2, -0.15) is 0 Å². The molecular formula is C6H12F2O2. The molecule has 0 aromatic carbocycles. The fourth-order valence-corrected chi connectivity index (χ4v) is 0.424. The maximum atomic E-state index is 11.8. The van der Waals surface area contributed by atoms with Crippen LogP contribution in [0, 0.1) is 0 Å². The molecule has 0 fully saturated rings. The zero-order valence-electron chi connectivity index (χ0n) is 6.27. The lowest BCUT2D eigenvalue weighted by Gasteiger charge is -2.27. The Bertz CT molecular complexity index is 104. The fraction of sp³-hybridized carbons (Fsp3) is 1.00. The summed E-state index contributed by atoms with van der Waals surface area (Å²) >= 11 is 0. The van der Waals surface area contributed by atoms with Gasteiger partial charge in [0.05, 0.1) is 5.60 Å². The second-order valence-electron chi connectivity index (χ2n) is 2.59. The summed E-state index contributed by atoms with van der Waals surface area (Å²) in [5, 5.41) is 8.78. The van der Waals surface area contributed by atoms with Crippen LogP contribution in [-0.4, -0.2) is 30.3 Å². The van der Waals surface area contributed by atoms with Crippen molar-refractivity contribution in [3.63, 3.8) is 0 Å². The molecule has 0 amide bonds. The summed E-state index contributed by atoms with van der Waals surface area (Å²) in [7, 11) is 1.28. The molecular weight excluding hydrogens is 142 g/mol. The van der Waals surface area contributed by atoms with Gasteiger partial charge in [0.2, 0.25) is 0 Å². The summed E-state index contributed by atoms with van der Waals surface area (Å²) in [6, 6.07) is 0. The second kappa shape index (κ2) is 3.25. The van der Waals surface area contributed by atoms with Crippen molar-refractivity contribution in [2.45, 2.75) is 32.0 Å². The van der Waals surface area contributed by atoms with Gasteiger partial charge in [0.1, 0.15) is 6.10 Å². The highest BCUT2D eigenvalue weighted by molar-refractivity contribution is 4.79. The number of hydrogen-bond acceptors (Lipinski definition) is 2. The summed E-state index contributed by atoms with van der Waals surface area (Å²) in [5.74, 6) is 0. The zero-order chi connectivity index (χ0) is 8.36. The van der Waals surface area contributed by atoms with E-state index in [4.69, 9.17) is 5.11 Å². The van der Waals surface area contributed by atoms with Crippen LogP contribution < -0.4 is 0 Å². The van der Waals surface area contributed by atoms with Crippen molar-refractivity contribution < 1.29 is 18.6 Å². The van der Waals surface area contributed by atoms with Crippen LogP contribution in [0.5, 0.6) is 0 Å². The van der Waals surface area contributed by atoms with Gasteiger partial charge >= 0.3 is 0 Å². The Balaban J connectivity index is 4.03. The van der Waals surface area contributed by atoms with Gasteiger partial charge in [0.15, 0.2) is 0 Å². The zero-order valence-corrected chi connectivity index (χ0v) is 6.27. The Hall–Kier alpha value is -0.220. The molecule has 2 nitrogen and oxygen atoms in total. The average molecular weight is 154 g/mol. The Morgan fingerprint density at radius 2 is 1.80 bits per heavy atom. The minimum Gasteiger partial charge on any atom is -0.384 e. The van der Waals surface area contributed by atoms with Crippen LogP contribution in [0.15, 0.2) is 0 Å². The van der Waals surface area contributed by atoms with Crippen LogP contribution in [0.3, 0.4) is 0 Å². The predicted octanol–water partition coefficient (Wildman–Crippen LogP) is 1.04. The Morgan fingerprint density at radius 1 is 1.40 bits per heavy atom. The summed E-state index contributed by atoms with van der Waals surface area (Å²) in [6.07, 6.45) is -4.48. The topological polar surface area (TPSA) is 29.5 Å². The van der Waals surface area contributed by atoms with Gasteiger partial charge in [0.25, 0.3) is 6.43 Å². The van der Waals surface area contributed by atoms with Crippen molar-refractivity contribution in [2.24, 2.45) is 0 Å². The SMILES string of the molecule is COC(C)(C)C(O)C(F)F. The summed E-state index contributed by atoms with van der Waals surface area (Å²) < 4.78 is 28.2. The fourth-order valence-electron chi connectivity index (χ4n) is 0.424. The molecule has 0 saturated carbocycles. The number of ether oxygens (including phenoxy) is 1. The van der Waals surface area contributed by atoms with Crippen LogP contribution >= 0.6 is 0 Å². The van der Waals surface area contributed by atoms with Gasteiger partial charge in [-0.25, -0.2) is 8.78 Å². The van der Waals surface area contributed by atoms with Gasteiger partial charge < -0.3 is 9.84 Å². The van der Waals surface area contributed by atoms with Crippen molar-refractivity contribution in [3.05, 3.63) is 0 Å². The van der Waals surface area contributed by atoms with E-state index < -0.39 is 18.1 Å². The van der Waals surface area contributed by atoms with Crippen LogP contribution in [0.2, 0.25) is 0 Å². The highest BCUT2D eigenvalue weighted by Crippen LogP contribution is 2.18. The first-order valence-corrected chi connectivity index (χ1v) is 2.93. The van der Waals surface area contributed by atoms with Crippen LogP contribution in [0.1, 0.15) is 13.8 Å². The largest absolute Gasteiger partial charge is 0.384 e. The molecule has 0 aromatic rings. The summed E-state index contributed by atoms with van der Waals surface area (Å²) in [4.78, 5) is 0. The molecule has 0 bridgehead atoms. The molecule has 0 rings (SSSR count). The van der Waals surface area contributed by atoms with E-state index in [1.54, 1.807) is 0 Å². The van der Waals surface area contributed by atoms with Crippen LogP contribution in [0.4, 0.5) is 8.78 Å². The van der Waals surface area contributed by atoms with E-state index in [0.29, 0.717) is 0 Å². The van der Waals surface area contributed by atoms with Crippen molar-refractivity contribution in [1.82, 2.24) is 0 Å². The van der Waals surface area contributed by atoms with E-state index in [-0.39, 0.29) is 0 Å². The van der Waals surface area contributed by atoms with E-state index in [2.05, 4.69) is 4.74 Å². The van der Waals surface area contributed by atoms with E-state index in [1.807, 2.05) is 0 Å². The molecule has 1 N–H and O–H groups in total. The van der Waals surface area contributed by atoms with Gasteiger partial charge in [0, 0.05) is 7.11 Å². The smallest absolute Gasteiger partial charge is 0.266 e. The van der Waals surface area contributed by atoms with Crippen molar-refractivity contribution in [1.29, 1.82) is 0 Å². The third-order valence-corrected chi connectivity index (χ3v) is 1.48. The third kappa shape index (κ3) is 2.19.